The number of methoxy groups -OCH3 is 2. The molecular formula is C39H51N7O7. The molecule has 2 aromatic carbocycles. The molecule has 0 bridgehead atoms. The third-order valence-corrected chi connectivity index (χ3v) is 9.97. The molecule has 3 heterocycles. The topological polar surface area (TPSA) is 175 Å². The first-order valence-electron chi connectivity index (χ1n) is 18.3. The van der Waals surface area contributed by atoms with Gasteiger partial charge in [0, 0.05) is 32.6 Å². The van der Waals surface area contributed by atoms with Crippen molar-refractivity contribution in [2.75, 3.05) is 33.9 Å². The van der Waals surface area contributed by atoms with Crippen molar-refractivity contribution in [3.8, 4) is 22.4 Å². The van der Waals surface area contributed by atoms with Crippen molar-refractivity contribution in [1.29, 1.82) is 0 Å². The molecule has 5 amide bonds. The lowest BCUT2D eigenvalue weighted by atomic mass is 10.0. The van der Waals surface area contributed by atoms with Crippen LogP contribution in [0, 0.1) is 11.8 Å². The number of carbonyl (C=O) groups is 5. The summed E-state index contributed by atoms with van der Waals surface area (Å²) < 4.78 is 9.31. The minimum atomic E-state index is -0.778. The summed E-state index contributed by atoms with van der Waals surface area (Å²) in [5.74, 6) is 0.107. The number of imidazole rings is 1. The van der Waals surface area contributed by atoms with Gasteiger partial charge in [-0.3, -0.25) is 14.4 Å². The monoisotopic (exact) mass is 729 g/mol. The summed E-state index contributed by atoms with van der Waals surface area (Å²) in [6, 6.07) is 14.7. The molecule has 0 radical (unpaired) electrons. The Morgan fingerprint density at radius 1 is 0.830 bits per heavy atom. The van der Waals surface area contributed by atoms with E-state index in [0.717, 1.165) is 46.6 Å². The number of likely N-dealkylation sites (tertiary alicyclic amines) is 2. The molecule has 284 valence electrons. The smallest absolute Gasteiger partial charge is 0.407 e. The largest absolute Gasteiger partial charge is 0.453 e. The van der Waals surface area contributed by atoms with Gasteiger partial charge < -0.3 is 40.2 Å². The Morgan fingerprint density at radius 3 is 2.11 bits per heavy atom. The van der Waals surface area contributed by atoms with Crippen LogP contribution in [0.5, 0.6) is 0 Å². The number of alkyl carbamates (subject to hydrolysis) is 2. The molecule has 4 N–H and O–H groups in total. The van der Waals surface area contributed by atoms with E-state index < -0.39 is 24.3 Å². The van der Waals surface area contributed by atoms with Gasteiger partial charge in [0.25, 0.3) is 0 Å². The standard InChI is InChI=1S/C39H51N7O7/c1-24(2)34(44-39(51)53-5)37(49)46-19-7-9-32(46)36(48)41-22-26-10-12-27(13-11-26)28-14-16-29(17-15-28)30-23-40-35(43-30)31-8-6-18-45(31)33(47)20-25(3)21-42-38(50)52-4/h10-17,23-25,31-32,34H,6-9,18-22H2,1-5H3,(H,40,43)(H,41,48)(H,42,50)(H,44,51). The predicted octanol–water partition coefficient (Wildman–Crippen LogP) is 4.78. The molecule has 53 heavy (non-hydrogen) atoms. The number of H-pyrrole nitrogens is 1. The Labute approximate surface area is 310 Å². The normalized spacial score (nSPS) is 18.0. The molecule has 0 aliphatic carbocycles. The number of nitrogens with one attached hydrogen (secondary N) is 4. The molecule has 2 aliphatic rings. The lowest BCUT2D eigenvalue weighted by Crippen LogP contribution is -2.55. The van der Waals surface area contributed by atoms with Crippen LogP contribution in [0.2, 0.25) is 0 Å². The third-order valence-electron chi connectivity index (χ3n) is 9.97. The average Bonchev–Trinajstić information content (AvgIpc) is 3.96. The van der Waals surface area contributed by atoms with Crippen LogP contribution in [-0.2, 0) is 30.4 Å². The minimum absolute atomic E-state index is 0.0277. The highest BCUT2D eigenvalue weighted by Crippen LogP contribution is 2.33. The second-order valence-electron chi connectivity index (χ2n) is 14.1. The number of rotatable bonds is 13. The first-order valence-corrected chi connectivity index (χ1v) is 18.3. The van der Waals surface area contributed by atoms with Gasteiger partial charge in [-0.15, -0.1) is 0 Å². The molecule has 0 saturated carbocycles. The minimum Gasteiger partial charge on any atom is -0.453 e. The van der Waals surface area contributed by atoms with E-state index in [2.05, 4.69) is 35.4 Å². The molecule has 1 aromatic heterocycles. The number of aromatic amines is 1. The van der Waals surface area contributed by atoms with Crippen molar-refractivity contribution >= 4 is 29.9 Å². The van der Waals surface area contributed by atoms with E-state index in [1.807, 2.05) is 74.2 Å². The zero-order chi connectivity index (χ0) is 38.1. The maximum atomic E-state index is 13.3. The van der Waals surface area contributed by atoms with Gasteiger partial charge in [-0.05, 0) is 59.8 Å². The summed E-state index contributed by atoms with van der Waals surface area (Å²) in [6.45, 7) is 7.42. The highest BCUT2D eigenvalue weighted by Gasteiger charge is 2.39. The van der Waals surface area contributed by atoms with Gasteiger partial charge in [0.2, 0.25) is 17.7 Å². The first-order chi connectivity index (χ1) is 25.5. The lowest BCUT2D eigenvalue weighted by Gasteiger charge is -2.30. The Kier molecular flexibility index (Phi) is 13.1. The Hall–Kier alpha value is -5.40. The van der Waals surface area contributed by atoms with Crippen LogP contribution in [-0.4, -0.2) is 95.6 Å². The van der Waals surface area contributed by atoms with Crippen molar-refractivity contribution in [1.82, 2.24) is 35.7 Å². The van der Waals surface area contributed by atoms with E-state index in [4.69, 9.17) is 0 Å². The van der Waals surface area contributed by atoms with Crippen molar-refractivity contribution in [2.24, 2.45) is 11.8 Å². The molecule has 2 saturated heterocycles. The number of aromatic nitrogens is 2. The maximum Gasteiger partial charge on any atom is 0.407 e. The van der Waals surface area contributed by atoms with Crippen molar-refractivity contribution in [3.05, 3.63) is 66.1 Å². The summed E-state index contributed by atoms with van der Waals surface area (Å²) in [6.07, 6.45) is 3.95. The van der Waals surface area contributed by atoms with Crippen LogP contribution in [0.25, 0.3) is 22.4 Å². The molecule has 4 unspecified atom stereocenters. The van der Waals surface area contributed by atoms with Crippen LogP contribution in [0.3, 0.4) is 0 Å². The summed E-state index contributed by atoms with van der Waals surface area (Å²) >= 11 is 0. The number of hydrogen-bond acceptors (Lipinski definition) is 8. The lowest BCUT2D eigenvalue weighted by molar-refractivity contribution is -0.140. The Bertz CT molecular complexity index is 1740. The zero-order valence-corrected chi connectivity index (χ0v) is 31.1. The highest BCUT2D eigenvalue weighted by atomic mass is 16.5. The number of benzene rings is 2. The van der Waals surface area contributed by atoms with Crippen molar-refractivity contribution in [3.63, 3.8) is 0 Å². The summed E-state index contributed by atoms with van der Waals surface area (Å²) in [5.41, 5.74) is 4.84. The van der Waals surface area contributed by atoms with E-state index in [1.54, 1.807) is 11.1 Å². The van der Waals surface area contributed by atoms with Crippen LogP contribution >= 0.6 is 0 Å². The molecule has 14 heteroatoms. The number of amides is 5. The van der Waals surface area contributed by atoms with Gasteiger partial charge in [0.15, 0.2) is 0 Å². The number of ether oxygens (including phenoxy) is 2. The fourth-order valence-corrected chi connectivity index (χ4v) is 6.96. The average molecular weight is 730 g/mol. The van der Waals surface area contributed by atoms with Crippen molar-refractivity contribution < 1.29 is 33.4 Å². The third kappa shape index (κ3) is 9.73. The fourth-order valence-electron chi connectivity index (χ4n) is 6.96. The number of nitrogens with zero attached hydrogens (tertiary/aromatic N) is 3. The SMILES string of the molecule is COC(=O)NCC(C)CC(=O)N1CCCC1c1ncc(-c2ccc(-c3ccc(CNC(=O)C4CCCN4C(=O)C(NC(=O)OC)C(C)C)cc3)cc2)[nH]1. The predicted molar refractivity (Wildman–Crippen MR) is 198 cm³/mol. The maximum absolute atomic E-state index is 13.3. The van der Waals surface area contributed by atoms with Gasteiger partial charge in [-0.1, -0.05) is 69.3 Å². The number of hydrogen-bond donors (Lipinski definition) is 4. The molecule has 5 rings (SSSR count). The Morgan fingerprint density at radius 2 is 1.45 bits per heavy atom. The van der Waals surface area contributed by atoms with Crippen LogP contribution < -0.4 is 16.0 Å². The van der Waals surface area contributed by atoms with E-state index in [-0.39, 0.29) is 35.6 Å². The van der Waals surface area contributed by atoms with Crippen LogP contribution in [0.15, 0.2) is 54.7 Å². The summed E-state index contributed by atoms with van der Waals surface area (Å²) in [5, 5.41) is 8.25. The molecule has 4 atom stereocenters. The number of carbonyl (C=O) groups excluding carboxylic acids is 5. The quantitative estimate of drug-likeness (QED) is 0.195. The second kappa shape index (κ2) is 17.9. The van der Waals surface area contributed by atoms with E-state index in [9.17, 15) is 24.0 Å². The van der Waals surface area contributed by atoms with Gasteiger partial charge in [0.05, 0.1) is 32.2 Å². The summed E-state index contributed by atoms with van der Waals surface area (Å²) in [7, 11) is 2.56. The van der Waals surface area contributed by atoms with Crippen LogP contribution in [0.1, 0.15) is 70.3 Å². The molecular weight excluding hydrogens is 678 g/mol. The van der Waals surface area contributed by atoms with Gasteiger partial charge in [0.1, 0.15) is 17.9 Å². The van der Waals surface area contributed by atoms with E-state index in [1.165, 1.54) is 14.2 Å². The van der Waals surface area contributed by atoms with E-state index >= 15 is 0 Å². The first kappa shape index (κ1) is 38.8. The molecule has 0 spiro atoms. The molecule has 2 fully saturated rings. The zero-order valence-electron chi connectivity index (χ0n) is 31.1. The second-order valence-corrected chi connectivity index (χ2v) is 14.1. The Balaban J connectivity index is 1.14. The molecule has 2 aliphatic heterocycles. The van der Waals surface area contributed by atoms with Gasteiger partial charge in [-0.2, -0.15) is 0 Å². The molecule has 14 nitrogen and oxygen atoms in total. The van der Waals surface area contributed by atoms with Crippen molar-refractivity contribution in [2.45, 2.75) is 77.5 Å². The van der Waals surface area contributed by atoms with Crippen LogP contribution in [0.4, 0.5) is 9.59 Å². The molecule has 3 aromatic rings. The van der Waals surface area contributed by atoms with Gasteiger partial charge >= 0.3 is 12.2 Å². The highest BCUT2D eigenvalue weighted by molar-refractivity contribution is 5.92. The summed E-state index contributed by atoms with van der Waals surface area (Å²) in [4.78, 5) is 74.4. The van der Waals surface area contributed by atoms with E-state index in [0.29, 0.717) is 45.4 Å². The fraction of sp³-hybridized carbons (Fsp3) is 0.487. The van der Waals surface area contributed by atoms with Gasteiger partial charge in [-0.25, -0.2) is 14.6 Å².